The average molecular weight is 194 g/mol. The molecule has 78 valence electrons. The molecule has 0 aromatic carbocycles. The van der Waals surface area contributed by atoms with Crippen molar-refractivity contribution in [3.8, 4) is 0 Å². The van der Waals surface area contributed by atoms with Crippen LogP contribution in [0.25, 0.3) is 0 Å². The molecular formula is C12H18O2. The van der Waals surface area contributed by atoms with Gasteiger partial charge in [0, 0.05) is 6.92 Å². The third kappa shape index (κ3) is 0.945. The highest BCUT2D eigenvalue weighted by Crippen LogP contribution is 2.63. The van der Waals surface area contributed by atoms with Crippen molar-refractivity contribution in [1.82, 2.24) is 0 Å². The fourth-order valence-corrected chi connectivity index (χ4v) is 4.36. The zero-order valence-electron chi connectivity index (χ0n) is 8.95. The van der Waals surface area contributed by atoms with Crippen LogP contribution in [-0.4, -0.2) is 11.6 Å². The SMILES string of the molecule is CC(=O)OC1(C)C2CC3CC1CC3C2. The molecule has 4 rings (SSSR count). The normalized spacial score (nSPS) is 53.9. The quantitative estimate of drug-likeness (QED) is 0.599. The van der Waals surface area contributed by atoms with Crippen molar-refractivity contribution in [3.05, 3.63) is 0 Å². The summed E-state index contributed by atoms with van der Waals surface area (Å²) in [5.41, 5.74) is -0.116. The highest BCUT2D eigenvalue weighted by Gasteiger charge is 2.60. The lowest BCUT2D eigenvalue weighted by Gasteiger charge is -2.44. The van der Waals surface area contributed by atoms with Gasteiger partial charge in [-0.25, -0.2) is 0 Å². The fraction of sp³-hybridized carbons (Fsp3) is 0.917. The fourth-order valence-electron chi connectivity index (χ4n) is 4.36. The Bertz CT molecular complexity index is 254. The van der Waals surface area contributed by atoms with Crippen molar-refractivity contribution in [2.45, 2.75) is 45.1 Å². The molecule has 4 fully saturated rings. The van der Waals surface area contributed by atoms with Crippen LogP contribution in [-0.2, 0) is 9.53 Å². The average Bonchev–Trinajstić information content (AvgIpc) is 2.51. The summed E-state index contributed by atoms with van der Waals surface area (Å²) in [4.78, 5) is 11.1. The molecule has 0 saturated heterocycles. The highest BCUT2D eigenvalue weighted by molar-refractivity contribution is 5.66. The van der Waals surface area contributed by atoms with Crippen LogP contribution in [0.4, 0.5) is 0 Å². The molecule has 4 saturated carbocycles. The summed E-state index contributed by atoms with van der Waals surface area (Å²) in [6, 6.07) is 0. The smallest absolute Gasteiger partial charge is 0.303 e. The van der Waals surface area contributed by atoms with Crippen LogP contribution in [0.5, 0.6) is 0 Å². The monoisotopic (exact) mass is 194 g/mol. The molecule has 0 atom stereocenters. The Hall–Kier alpha value is -0.530. The van der Waals surface area contributed by atoms with Crippen LogP contribution in [0.2, 0.25) is 0 Å². The van der Waals surface area contributed by atoms with Gasteiger partial charge in [-0.2, -0.15) is 0 Å². The van der Waals surface area contributed by atoms with E-state index in [1.165, 1.54) is 25.7 Å². The van der Waals surface area contributed by atoms with Crippen LogP contribution < -0.4 is 0 Å². The number of carbonyl (C=O) groups is 1. The molecular weight excluding hydrogens is 176 g/mol. The number of esters is 1. The first kappa shape index (κ1) is 8.75. The van der Waals surface area contributed by atoms with Crippen molar-refractivity contribution < 1.29 is 9.53 Å². The maximum atomic E-state index is 11.1. The molecule has 2 heteroatoms. The van der Waals surface area contributed by atoms with Crippen LogP contribution in [0.3, 0.4) is 0 Å². The molecule has 0 heterocycles. The Morgan fingerprint density at radius 3 is 1.93 bits per heavy atom. The number of carbonyl (C=O) groups excluding carboxylic acids is 1. The van der Waals surface area contributed by atoms with Gasteiger partial charge in [0.2, 0.25) is 0 Å². The molecule has 2 nitrogen and oxygen atoms in total. The second kappa shape index (κ2) is 2.53. The molecule has 0 spiro atoms. The van der Waals surface area contributed by atoms with Crippen LogP contribution in [0.15, 0.2) is 0 Å². The Morgan fingerprint density at radius 1 is 1.14 bits per heavy atom. The molecule has 0 amide bonds. The Morgan fingerprint density at radius 2 is 1.57 bits per heavy atom. The lowest BCUT2D eigenvalue weighted by Crippen LogP contribution is -2.48. The number of hydrogen-bond acceptors (Lipinski definition) is 2. The second-order valence-corrected chi connectivity index (χ2v) is 5.63. The van der Waals surface area contributed by atoms with Gasteiger partial charge in [0.15, 0.2) is 0 Å². The summed E-state index contributed by atoms with van der Waals surface area (Å²) in [5, 5.41) is 0. The molecule has 0 radical (unpaired) electrons. The largest absolute Gasteiger partial charge is 0.459 e. The second-order valence-electron chi connectivity index (χ2n) is 5.63. The van der Waals surface area contributed by atoms with Gasteiger partial charge in [0.1, 0.15) is 5.60 Å². The van der Waals surface area contributed by atoms with E-state index < -0.39 is 0 Å². The summed E-state index contributed by atoms with van der Waals surface area (Å²) in [6.07, 6.45) is 5.24. The van der Waals surface area contributed by atoms with Gasteiger partial charge in [-0.15, -0.1) is 0 Å². The van der Waals surface area contributed by atoms with E-state index in [9.17, 15) is 4.79 Å². The minimum atomic E-state index is -0.116. The van der Waals surface area contributed by atoms with E-state index in [0.29, 0.717) is 11.8 Å². The molecule has 4 bridgehead atoms. The summed E-state index contributed by atoms with van der Waals surface area (Å²) < 4.78 is 5.62. The van der Waals surface area contributed by atoms with E-state index in [4.69, 9.17) is 4.74 Å². The van der Waals surface area contributed by atoms with E-state index in [1.54, 1.807) is 6.92 Å². The number of rotatable bonds is 1. The van der Waals surface area contributed by atoms with E-state index in [1.807, 2.05) is 0 Å². The lowest BCUT2D eigenvalue weighted by molar-refractivity contribution is -0.174. The minimum absolute atomic E-state index is 0.0960. The third-order valence-electron chi connectivity index (χ3n) is 5.00. The maximum Gasteiger partial charge on any atom is 0.303 e. The van der Waals surface area contributed by atoms with Crippen molar-refractivity contribution >= 4 is 5.97 Å². The minimum Gasteiger partial charge on any atom is -0.459 e. The Balaban J connectivity index is 1.89. The molecule has 4 aliphatic carbocycles. The van der Waals surface area contributed by atoms with Gasteiger partial charge in [-0.1, -0.05) is 0 Å². The molecule has 0 aromatic rings. The van der Waals surface area contributed by atoms with E-state index in [2.05, 4.69) is 6.92 Å². The summed E-state index contributed by atoms with van der Waals surface area (Å²) in [6.45, 7) is 3.71. The van der Waals surface area contributed by atoms with Gasteiger partial charge in [0.05, 0.1) is 0 Å². The lowest BCUT2D eigenvalue weighted by atomic mass is 9.69. The van der Waals surface area contributed by atoms with Crippen molar-refractivity contribution in [3.63, 3.8) is 0 Å². The molecule has 0 unspecified atom stereocenters. The van der Waals surface area contributed by atoms with E-state index in [-0.39, 0.29) is 11.6 Å². The maximum absolute atomic E-state index is 11.1. The zero-order chi connectivity index (χ0) is 9.92. The first-order chi connectivity index (χ1) is 6.59. The van der Waals surface area contributed by atoms with E-state index in [0.717, 1.165) is 11.8 Å². The van der Waals surface area contributed by atoms with Gasteiger partial charge in [0.25, 0.3) is 0 Å². The van der Waals surface area contributed by atoms with Gasteiger partial charge in [-0.05, 0) is 56.3 Å². The van der Waals surface area contributed by atoms with E-state index >= 15 is 0 Å². The summed E-state index contributed by atoms with van der Waals surface area (Å²) >= 11 is 0. The molecule has 0 aromatic heterocycles. The predicted octanol–water partition coefficient (Wildman–Crippen LogP) is 2.37. The predicted molar refractivity (Wildman–Crippen MR) is 52.6 cm³/mol. The van der Waals surface area contributed by atoms with Crippen molar-refractivity contribution in [1.29, 1.82) is 0 Å². The standard InChI is InChI=1S/C12H18O2/c1-7(13)14-12(2)10-3-8-4-11(12)6-9(8)5-10/h8-11H,3-6H2,1-2H3. The van der Waals surface area contributed by atoms with Crippen LogP contribution in [0.1, 0.15) is 39.5 Å². The Labute approximate surface area is 85.0 Å². The Kier molecular flexibility index (Phi) is 1.58. The first-order valence-electron chi connectivity index (χ1n) is 5.79. The number of ether oxygens (including phenoxy) is 1. The van der Waals surface area contributed by atoms with Gasteiger partial charge < -0.3 is 4.74 Å². The molecule has 0 aliphatic heterocycles. The summed E-state index contributed by atoms with van der Waals surface area (Å²) in [5.74, 6) is 3.16. The van der Waals surface area contributed by atoms with Crippen LogP contribution >= 0.6 is 0 Å². The third-order valence-corrected chi connectivity index (χ3v) is 5.00. The molecule has 14 heavy (non-hydrogen) atoms. The van der Waals surface area contributed by atoms with Crippen molar-refractivity contribution in [2.75, 3.05) is 0 Å². The molecule has 0 N–H and O–H groups in total. The van der Waals surface area contributed by atoms with Gasteiger partial charge in [-0.3, -0.25) is 4.79 Å². The first-order valence-corrected chi connectivity index (χ1v) is 5.79. The topological polar surface area (TPSA) is 26.3 Å². The highest BCUT2D eigenvalue weighted by atomic mass is 16.6. The summed E-state index contributed by atoms with van der Waals surface area (Å²) in [7, 11) is 0. The number of hydrogen-bond donors (Lipinski definition) is 0. The molecule has 4 aliphatic rings. The van der Waals surface area contributed by atoms with Crippen molar-refractivity contribution in [2.24, 2.45) is 23.7 Å². The van der Waals surface area contributed by atoms with Gasteiger partial charge >= 0.3 is 5.97 Å². The van der Waals surface area contributed by atoms with Crippen LogP contribution in [0, 0.1) is 23.7 Å². The zero-order valence-corrected chi connectivity index (χ0v) is 8.95.